The van der Waals surface area contributed by atoms with E-state index in [4.69, 9.17) is 11.6 Å². The first-order chi connectivity index (χ1) is 14.3. The second kappa shape index (κ2) is 6.28. The second-order valence-corrected chi connectivity index (χ2v) is 11.2. The molecule has 5 nitrogen and oxygen atoms in total. The Morgan fingerprint density at radius 1 is 1.23 bits per heavy atom. The largest absolute Gasteiger partial charge is 0.280 e. The first-order valence-electron chi connectivity index (χ1n) is 11.0. The fourth-order valence-corrected chi connectivity index (χ4v) is 7.67. The van der Waals surface area contributed by atoms with Gasteiger partial charge in [0.25, 0.3) is 5.56 Å². The number of nitrogens with zero attached hydrogens (tertiary/aromatic N) is 2. The fraction of sp³-hybridized carbons (Fsp3) is 0.609. The van der Waals surface area contributed by atoms with E-state index in [1.54, 1.807) is 0 Å². The van der Waals surface area contributed by atoms with E-state index >= 15 is 0 Å². The van der Waals surface area contributed by atoms with Gasteiger partial charge >= 0.3 is 0 Å². The lowest BCUT2D eigenvalue weighted by molar-refractivity contribution is -0.124. The van der Waals surface area contributed by atoms with Gasteiger partial charge in [-0.25, -0.2) is 14.1 Å². The lowest BCUT2D eigenvalue weighted by Crippen LogP contribution is -2.54. The predicted octanol–water partition coefficient (Wildman–Crippen LogP) is 4.45. The van der Waals surface area contributed by atoms with Crippen molar-refractivity contribution in [2.24, 2.45) is 17.3 Å². The number of alkyl halides is 1. The quantitative estimate of drug-likeness (QED) is 0.730. The van der Waals surface area contributed by atoms with Gasteiger partial charge in [0.1, 0.15) is 11.6 Å². The number of aromatic nitrogens is 2. The molecule has 5 saturated carbocycles. The molecule has 5 aliphatic carbocycles. The summed E-state index contributed by atoms with van der Waals surface area (Å²) in [5, 5.41) is 0.315. The van der Waals surface area contributed by atoms with Crippen molar-refractivity contribution in [1.82, 2.24) is 9.66 Å². The Labute approximate surface area is 179 Å². The van der Waals surface area contributed by atoms with Crippen LogP contribution < -0.4 is 11.0 Å². The molecule has 7 heteroatoms. The Morgan fingerprint density at radius 3 is 2.63 bits per heavy atom. The predicted molar refractivity (Wildman–Crippen MR) is 113 cm³/mol. The minimum absolute atomic E-state index is 0.0489. The Balaban J connectivity index is 1.31. The van der Waals surface area contributed by atoms with E-state index in [0.29, 0.717) is 35.0 Å². The molecule has 1 aromatic heterocycles. The molecule has 0 aliphatic heterocycles. The number of nitrogens with one attached hydrogen (secondary N) is 1. The number of carbonyl (C=O) groups is 1. The van der Waals surface area contributed by atoms with Gasteiger partial charge in [-0.2, -0.15) is 0 Å². The highest BCUT2D eigenvalue weighted by molar-refractivity contribution is 6.24. The summed E-state index contributed by atoms with van der Waals surface area (Å²) < 4.78 is 15.0. The molecule has 4 bridgehead atoms. The highest BCUT2D eigenvalue weighted by Crippen LogP contribution is 2.64. The van der Waals surface area contributed by atoms with Crippen molar-refractivity contribution in [3.63, 3.8) is 0 Å². The maximum Gasteiger partial charge on any atom is 0.280 e. The van der Waals surface area contributed by atoms with Crippen molar-refractivity contribution in [2.45, 2.75) is 68.6 Å². The number of hydrogen-bond acceptors (Lipinski definition) is 3. The number of fused-ring (bicyclic) bond motifs is 1. The van der Waals surface area contributed by atoms with Gasteiger partial charge in [0.05, 0.1) is 10.9 Å². The highest BCUT2D eigenvalue weighted by atomic mass is 35.5. The van der Waals surface area contributed by atoms with Crippen LogP contribution in [0, 0.1) is 23.1 Å². The second-order valence-electron chi connectivity index (χ2n) is 10.4. The Bertz CT molecular complexity index is 1110. The van der Waals surface area contributed by atoms with Gasteiger partial charge in [-0.15, -0.1) is 11.6 Å². The molecular weight excluding hydrogens is 405 g/mol. The summed E-state index contributed by atoms with van der Waals surface area (Å²) in [6.45, 7) is 0. The Morgan fingerprint density at radius 2 is 1.97 bits per heavy atom. The molecule has 1 amide bonds. The summed E-state index contributed by atoms with van der Waals surface area (Å²) in [5.41, 5.74) is 2.82. The first-order valence-corrected chi connectivity index (χ1v) is 11.4. The smallest absolute Gasteiger partial charge is 0.273 e. The van der Waals surface area contributed by atoms with Gasteiger partial charge in [0.2, 0.25) is 5.91 Å². The van der Waals surface area contributed by atoms with E-state index in [-0.39, 0.29) is 27.7 Å². The first kappa shape index (κ1) is 18.8. The molecule has 30 heavy (non-hydrogen) atoms. The third-order valence-electron chi connectivity index (χ3n) is 7.68. The molecule has 2 unspecified atom stereocenters. The van der Waals surface area contributed by atoms with Crippen LogP contribution in [-0.2, 0) is 4.79 Å². The zero-order valence-corrected chi connectivity index (χ0v) is 17.6. The third-order valence-corrected chi connectivity index (χ3v) is 8.13. The Hall–Kier alpha value is -1.95. The van der Waals surface area contributed by atoms with Crippen molar-refractivity contribution >= 4 is 28.4 Å². The lowest BCUT2D eigenvalue weighted by Gasteiger charge is -2.60. The molecule has 1 aromatic carbocycles. The number of halogens is 2. The molecule has 5 fully saturated rings. The van der Waals surface area contributed by atoms with Crippen LogP contribution in [0.2, 0.25) is 0 Å². The van der Waals surface area contributed by atoms with Crippen LogP contribution in [-0.4, -0.2) is 20.4 Å². The molecule has 0 saturated heterocycles. The molecule has 0 radical (unpaired) electrons. The molecular formula is C23H25ClFN3O2. The van der Waals surface area contributed by atoms with Crippen LogP contribution in [0.15, 0.2) is 23.0 Å². The third kappa shape index (κ3) is 3.06. The minimum atomic E-state index is -0.422. The summed E-state index contributed by atoms with van der Waals surface area (Å²) in [6, 6.07) is 3.98. The van der Waals surface area contributed by atoms with Crippen molar-refractivity contribution in [3.05, 3.63) is 40.2 Å². The molecule has 1 N–H and O–H groups in total. The van der Waals surface area contributed by atoms with E-state index in [0.717, 1.165) is 44.9 Å². The fourth-order valence-electron chi connectivity index (χ4n) is 6.95. The standard InChI is InChI=1S/C23H25ClFN3O2/c24-23-9-13-5-14(10-23)8-22(7-13,12-23)11-19(29)27-28-20(15-1-2-15)26-18-6-16(25)3-4-17(18)21(28)30/h3-4,6,13-15H,1-2,5,7-12H2,(H,27,29). The van der Waals surface area contributed by atoms with Gasteiger partial charge in [-0.05, 0) is 80.8 Å². The maximum absolute atomic E-state index is 13.6. The number of carbonyl (C=O) groups excluding carboxylic acids is 1. The summed E-state index contributed by atoms with van der Waals surface area (Å²) in [6.07, 6.45) is 8.64. The lowest BCUT2D eigenvalue weighted by atomic mass is 9.48. The van der Waals surface area contributed by atoms with Gasteiger partial charge in [0, 0.05) is 23.3 Å². The number of amides is 1. The molecule has 5 aliphatic rings. The average Bonchev–Trinajstić information content (AvgIpc) is 3.46. The number of hydrogen-bond donors (Lipinski definition) is 1. The minimum Gasteiger partial charge on any atom is -0.273 e. The van der Waals surface area contributed by atoms with Crippen molar-refractivity contribution in [1.29, 1.82) is 0 Å². The van der Waals surface area contributed by atoms with Gasteiger partial charge in [-0.3, -0.25) is 15.0 Å². The SMILES string of the molecule is O=C(CC12CC3CC(CC(Cl)(C3)C1)C2)Nn1c(C2CC2)nc2cc(F)ccc2c1=O. The molecule has 0 spiro atoms. The Kier molecular flexibility index (Phi) is 3.94. The average molecular weight is 430 g/mol. The van der Waals surface area contributed by atoms with E-state index in [2.05, 4.69) is 10.4 Å². The molecule has 2 atom stereocenters. The summed E-state index contributed by atoms with van der Waals surface area (Å²) in [7, 11) is 0. The van der Waals surface area contributed by atoms with E-state index in [1.807, 2.05) is 0 Å². The van der Waals surface area contributed by atoms with Crippen LogP contribution in [0.5, 0.6) is 0 Å². The highest BCUT2D eigenvalue weighted by Gasteiger charge is 2.57. The summed E-state index contributed by atoms with van der Waals surface area (Å²) in [4.78, 5) is 30.6. The van der Waals surface area contributed by atoms with E-state index in [9.17, 15) is 14.0 Å². The molecule has 7 rings (SSSR count). The van der Waals surface area contributed by atoms with Gasteiger partial charge < -0.3 is 0 Å². The van der Waals surface area contributed by atoms with Crippen molar-refractivity contribution in [2.75, 3.05) is 5.43 Å². The van der Waals surface area contributed by atoms with Gasteiger partial charge in [-0.1, -0.05) is 0 Å². The molecule has 2 aromatic rings. The maximum atomic E-state index is 13.6. The topological polar surface area (TPSA) is 64.0 Å². The van der Waals surface area contributed by atoms with E-state index in [1.165, 1.54) is 29.3 Å². The van der Waals surface area contributed by atoms with Crippen LogP contribution in [0.1, 0.15) is 69.5 Å². The van der Waals surface area contributed by atoms with Crippen molar-refractivity contribution in [3.8, 4) is 0 Å². The van der Waals surface area contributed by atoms with Crippen LogP contribution in [0.4, 0.5) is 4.39 Å². The molecule has 1 heterocycles. The monoisotopic (exact) mass is 429 g/mol. The van der Waals surface area contributed by atoms with Crippen LogP contribution >= 0.6 is 11.6 Å². The molecule has 158 valence electrons. The number of benzene rings is 1. The van der Waals surface area contributed by atoms with Crippen LogP contribution in [0.3, 0.4) is 0 Å². The summed E-state index contributed by atoms with van der Waals surface area (Å²) in [5.74, 6) is 1.35. The summed E-state index contributed by atoms with van der Waals surface area (Å²) >= 11 is 6.91. The van der Waals surface area contributed by atoms with Gasteiger partial charge in [0.15, 0.2) is 0 Å². The number of rotatable bonds is 4. The zero-order valence-electron chi connectivity index (χ0n) is 16.8. The normalized spacial score (nSPS) is 34.5. The zero-order chi connectivity index (χ0) is 20.7. The van der Waals surface area contributed by atoms with Crippen molar-refractivity contribution < 1.29 is 9.18 Å². The van der Waals surface area contributed by atoms with E-state index < -0.39 is 5.82 Å². The van der Waals surface area contributed by atoms with Crippen LogP contribution in [0.25, 0.3) is 10.9 Å².